The van der Waals surface area contributed by atoms with Gasteiger partial charge in [0, 0.05) is 5.56 Å². The van der Waals surface area contributed by atoms with Crippen molar-refractivity contribution in [1.29, 1.82) is 0 Å². The van der Waals surface area contributed by atoms with Crippen molar-refractivity contribution in [2.75, 3.05) is 0 Å². The lowest BCUT2D eigenvalue weighted by molar-refractivity contribution is -0.139. The highest BCUT2D eigenvalue weighted by molar-refractivity contribution is 6.00. The number of hydrogen-bond acceptors (Lipinski definition) is 7. The van der Waals surface area contributed by atoms with Gasteiger partial charge in [-0.3, -0.25) is 9.59 Å². The van der Waals surface area contributed by atoms with E-state index in [1.807, 2.05) is 0 Å². The van der Waals surface area contributed by atoms with E-state index in [1.165, 1.54) is 0 Å². The maximum absolute atomic E-state index is 12.4. The number of phenols is 4. The van der Waals surface area contributed by atoms with Crippen LogP contribution in [0.5, 0.6) is 23.0 Å². The van der Waals surface area contributed by atoms with E-state index in [-0.39, 0.29) is 11.1 Å². The molecule has 0 saturated carbocycles. The number of carbonyl (C=O) groups excluding carboxylic acids is 1. The van der Waals surface area contributed by atoms with Crippen LogP contribution in [0.15, 0.2) is 30.3 Å². The number of aliphatic carboxylic acids is 2. The molecule has 7 N–H and O–H groups in total. The summed E-state index contributed by atoms with van der Waals surface area (Å²) in [7, 11) is 0. The molecule has 0 aliphatic heterocycles. The van der Waals surface area contributed by atoms with Gasteiger partial charge in [0.25, 0.3) is 5.91 Å². The number of carboxylic acids is 2. The van der Waals surface area contributed by atoms with Gasteiger partial charge in [0.05, 0.1) is 12.0 Å². The normalized spacial score (nSPS) is 11.6. The number of aromatic hydroxyl groups is 4. The lowest BCUT2D eigenvalue weighted by atomic mass is 10.0. The Kier molecular flexibility index (Phi) is 5.40. The zero-order valence-electron chi connectivity index (χ0n) is 13.6. The van der Waals surface area contributed by atoms with Crippen molar-refractivity contribution in [3.63, 3.8) is 0 Å². The molecule has 2 aromatic carbocycles. The first-order valence-electron chi connectivity index (χ1n) is 7.42. The molecule has 142 valence electrons. The average Bonchev–Trinajstić information content (AvgIpc) is 2.57. The molecule has 2 rings (SSSR count). The number of rotatable bonds is 6. The maximum Gasteiger partial charge on any atom is 0.330 e. The van der Waals surface area contributed by atoms with Gasteiger partial charge in [0.1, 0.15) is 11.5 Å². The summed E-state index contributed by atoms with van der Waals surface area (Å²) in [4.78, 5) is 34.7. The zero-order chi connectivity index (χ0) is 20.3. The highest BCUT2D eigenvalue weighted by Gasteiger charge is 2.26. The Hall–Kier alpha value is -3.95. The van der Waals surface area contributed by atoms with E-state index in [1.54, 1.807) is 0 Å². The summed E-state index contributed by atoms with van der Waals surface area (Å²) >= 11 is 0. The Balaban J connectivity index is 2.38. The molecule has 1 atom stereocenters. The van der Waals surface area contributed by atoms with Crippen LogP contribution in [0.3, 0.4) is 0 Å². The molecule has 0 aromatic heterocycles. The third kappa shape index (κ3) is 4.37. The van der Waals surface area contributed by atoms with Gasteiger partial charge >= 0.3 is 11.9 Å². The van der Waals surface area contributed by atoms with Gasteiger partial charge in [-0.15, -0.1) is 0 Å². The number of carbonyl (C=O) groups is 3. The fraction of sp³-hybridized carbons (Fsp3) is 0.118. The number of hydrogen-bond donors (Lipinski definition) is 7. The first-order chi connectivity index (χ1) is 12.6. The fourth-order valence-corrected chi connectivity index (χ4v) is 2.37. The lowest BCUT2D eigenvalue weighted by Gasteiger charge is -2.17. The Morgan fingerprint density at radius 3 is 2.15 bits per heavy atom. The second-order valence-electron chi connectivity index (χ2n) is 5.56. The van der Waals surface area contributed by atoms with E-state index < -0.39 is 58.9 Å². The van der Waals surface area contributed by atoms with Crippen LogP contribution in [0, 0.1) is 0 Å². The van der Waals surface area contributed by atoms with Crippen molar-refractivity contribution >= 4 is 17.8 Å². The van der Waals surface area contributed by atoms with Gasteiger partial charge in [0.15, 0.2) is 17.5 Å². The minimum absolute atomic E-state index is 0.0726. The van der Waals surface area contributed by atoms with E-state index >= 15 is 0 Å². The summed E-state index contributed by atoms with van der Waals surface area (Å²) in [6.45, 7) is 0. The topological polar surface area (TPSA) is 185 Å². The number of nitrogens with one attached hydrogen (secondary N) is 1. The van der Waals surface area contributed by atoms with Crippen LogP contribution in [0.1, 0.15) is 27.5 Å². The minimum Gasteiger partial charge on any atom is -0.508 e. The monoisotopic (exact) mass is 377 g/mol. The summed E-state index contributed by atoms with van der Waals surface area (Å²) in [6, 6.07) is 3.28. The predicted molar refractivity (Wildman–Crippen MR) is 88.7 cm³/mol. The quantitative estimate of drug-likeness (QED) is 0.281. The number of benzene rings is 2. The summed E-state index contributed by atoms with van der Waals surface area (Å²) in [6.07, 6.45) is -0.672. The lowest BCUT2D eigenvalue weighted by Crippen LogP contribution is -2.33. The number of phenolic OH excluding ortho intramolecular Hbond substituents is 4. The van der Waals surface area contributed by atoms with Crippen LogP contribution in [0.4, 0.5) is 0 Å². The van der Waals surface area contributed by atoms with Crippen LogP contribution in [-0.4, -0.2) is 48.5 Å². The minimum atomic E-state index is -1.66. The van der Waals surface area contributed by atoms with Crippen molar-refractivity contribution in [1.82, 2.24) is 5.32 Å². The Labute approximate surface area is 151 Å². The highest BCUT2D eigenvalue weighted by atomic mass is 16.4. The van der Waals surface area contributed by atoms with Gasteiger partial charge in [0.2, 0.25) is 0 Å². The molecule has 1 unspecified atom stereocenters. The summed E-state index contributed by atoms with van der Waals surface area (Å²) in [5, 5.41) is 58.8. The van der Waals surface area contributed by atoms with Crippen LogP contribution < -0.4 is 5.32 Å². The molecule has 10 heteroatoms. The zero-order valence-corrected chi connectivity index (χ0v) is 13.6. The largest absolute Gasteiger partial charge is 0.508 e. The van der Waals surface area contributed by atoms with Crippen molar-refractivity contribution in [2.24, 2.45) is 0 Å². The van der Waals surface area contributed by atoms with Crippen LogP contribution in [0.2, 0.25) is 0 Å². The maximum atomic E-state index is 12.4. The molecule has 0 spiro atoms. The Morgan fingerprint density at radius 2 is 1.59 bits per heavy atom. The van der Waals surface area contributed by atoms with Crippen molar-refractivity contribution in [2.45, 2.75) is 12.5 Å². The van der Waals surface area contributed by atoms with Crippen molar-refractivity contribution < 1.29 is 45.0 Å². The van der Waals surface area contributed by atoms with Crippen LogP contribution in [-0.2, 0) is 16.0 Å². The van der Waals surface area contributed by atoms with Gasteiger partial charge in [-0.25, -0.2) is 4.79 Å². The Bertz CT molecular complexity index is 923. The molecule has 0 aliphatic carbocycles. The summed E-state index contributed by atoms with van der Waals surface area (Å²) < 4.78 is 0. The second kappa shape index (κ2) is 7.52. The summed E-state index contributed by atoms with van der Waals surface area (Å²) in [5.74, 6) is -6.22. The SMILES string of the molecule is O=C(O)Cc1cc(O)cc(C(=O)NC(C(=O)O)c2ccc(O)c(O)c2)c1O. The molecule has 1 amide bonds. The average molecular weight is 377 g/mol. The smallest absolute Gasteiger partial charge is 0.330 e. The van der Waals surface area contributed by atoms with Crippen LogP contribution >= 0.6 is 0 Å². The molecule has 0 fully saturated rings. The molecule has 10 nitrogen and oxygen atoms in total. The van der Waals surface area contributed by atoms with Crippen molar-refractivity contribution in [3.8, 4) is 23.0 Å². The van der Waals surface area contributed by atoms with Gasteiger partial charge in [-0.1, -0.05) is 6.07 Å². The molecule has 0 heterocycles. The highest BCUT2D eigenvalue weighted by Crippen LogP contribution is 2.31. The molecular weight excluding hydrogens is 362 g/mol. The van der Waals surface area contributed by atoms with Gasteiger partial charge < -0.3 is 36.0 Å². The molecule has 0 bridgehead atoms. The molecule has 0 aliphatic rings. The number of amides is 1. The third-order valence-corrected chi connectivity index (χ3v) is 3.62. The molecule has 0 saturated heterocycles. The van der Waals surface area contributed by atoms with E-state index in [0.29, 0.717) is 0 Å². The molecule has 27 heavy (non-hydrogen) atoms. The third-order valence-electron chi connectivity index (χ3n) is 3.62. The first kappa shape index (κ1) is 19.4. The molecule has 0 radical (unpaired) electrons. The van der Waals surface area contributed by atoms with E-state index in [2.05, 4.69) is 5.32 Å². The van der Waals surface area contributed by atoms with Crippen molar-refractivity contribution in [3.05, 3.63) is 47.0 Å². The molecular formula is C17H15NO9. The van der Waals surface area contributed by atoms with E-state index in [4.69, 9.17) is 5.11 Å². The standard InChI is InChI=1S/C17H15NO9/c19-9-3-8(5-13(22)23)15(24)10(6-9)16(25)18-14(17(26)27)7-1-2-11(20)12(21)4-7/h1-4,6,14,19-21,24H,5H2,(H,18,25)(H,22,23)(H,26,27). The summed E-state index contributed by atoms with van der Waals surface area (Å²) in [5.41, 5.74) is -0.834. The number of carboxylic acid groups (broad SMARTS) is 2. The molecule has 2 aromatic rings. The predicted octanol–water partition coefficient (Wildman–Crippen LogP) is 0.692. The van der Waals surface area contributed by atoms with Gasteiger partial charge in [-0.05, 0) is 29.8 Å². The van der Waals surface area contributed by atoms with Crippen LogP contribution in [0.25, 0.3) is 0 Å². The van der Waals surface area contributed by atoms with Gasteiger partial charge in [-0.2, -0.15) is 0 Å². The fourth-order valence-electron chi connectivity index (χ4n) is 2.37. The first-order valence-corrected chi connectivity index (χ1v) is 7.42. The van der Waals surface area contributed by atoms with E-state index in [9.17, 15) is 39.9 Å². The Morgan fingerprint density at radius 1 is 0.926 bits per heavy atom. The van der Waals surface area contributed by atoms with E-state index in [0.717, 1.165) is 30.3 Å². The second-order valence-corrected chi connectivity index (χ2v) is 5.56.